The first-order valence-corrected chi connectivity index (χ1v) is 11.3. The summed E-state index contributed by atoms with van der Waals surface area (Å²) in [5.74, 6) is 2.58. The number of likely N-dealkylation sites (tertiary alicyclic amines) is 1. The van der Waals surface area contributed by atoms with Gasteiger partial charge in [0.05, 0.1) is 0 Å². The Morgan fingerprint density at radius 2 is 1.62 bits per heavy atom. The Labute approximate surface area is 189 Å². The number of anilines is 1. The van der Waals surface area contributed by atoms with Crippen LogP contribution >= 0.6 is 0 Å². The molecular formula is C24H31N5O3. The maximum absolute atomic E-state index is 13.0. The molecule has 0 N–H and O–H groups in total. The summed E-state index contributed by atoms with van der Waals surface area (Å²) in [5.41, 5.74) is 0.960. The second-order valence-electron chi connectivity index (χ2n) is 8.48. The zero-order valence-corrected chi connectivity index (χ0v) is 18.9. The van der Waals surface area contributed by atoms with E-state index in [2.05, 4.69) is 14.9 Å². The van der Waals surface area contributed by atoms with Gasteiger partial charge in [-0.3, -0.25) is 9.59 Å². The van der Waals surface area contributed by atoms with Gasteiger partial charge < -0.3 is 19.4 Å². The molecule has 8 nitrogen and oxygen atoms in total. The first kappa shape index (κ1) is 22.0. The molecule has 0 radical (unpaired) electrons. The topological polar surface area (TPSA) is 78.9 Å². The van der Waals surface area contributed by atoms with Gasteiger partial charge in [-0.05, 0) is 38.8 Å². The number of para-hydroxylation sites is 1. The van der Waals surface area contributed by atoms with E-state index < -0.39 is 0 Å². The number of aromatic nitrogens is 2. The van der Waals surface area contributed by atoms with E-state index in [1.165, 1.54) is 0 Å². The third-order valence-corrected chi connectivity index (χ3v) is 6.17. The highest BCUT2D eigenvalue weighted by atomic mass is 16.5. The smallest absolute Gasteiger partial charge is 0.260 e. The molecule has 2 aromatic rings. The minimum absolute atomic E-state index is 0.0100. The predicted octanol–water partition coefficient (Wildman–Crippen LogP) is 2.06. The van der Waals surface area contributed by atoms with Gasteiger partial charge in [0.2, 0.25) is 5.91 Å². The molecule has 1 aromatic carbocycles. The zero-order chi connectivity index (χ0) is 22.5. The largest absolute Gasteiger partial charge is 0.484 e. The summed E-state index contributed by atoms with van der Waals surface area (Å²) in [6, 6.07) is 11.3. The minimum atomic E-state index is -0.0243. The normalized spacial score (nSPS) is 17.4. The second kappa shape index (κ2) is 9.97. The standard InChI is InChI=1S/C24H31N5O3/c1-18-16-22(26-19(2)25-18)27-12-14-29(15-13-27)24(31)20-8-10-28(11-9-20)23(30)17-32-21-6-4-3-5-7-21/h3-7,16,20H,8-15,17H2,1-2H3. The summed E-state index contributed by atoms with van der Waals surface area (Å²) in [5, 5.41) is 0. The van der Waals surface area contributed by atoms with E-state index in [0.717, 1.165) is 30.4 Å². The van der Waals surface area contributed by atoms with Crippen LogP contribution in [-0.4, -0.2) is 77.5 Å². The fraction of sp³-hybridized carbons (Fsp3) is 0.500. The number of ether oxygens (including phenoxy) is 1. The number of hydrogen-bond acceptors (Lipinski definition) is 6. The molecule has 2 aliphatic rings. The van der Waals surface area contributed by atoms with Crippen molar-refractivity contribution in [3.63, 3.8) is 0 Å². The van der Waals surface area contributed by atoms with Crippen LogP contribution in [0.4, 0.5) is 5.82 Å². The van der Waals surface area contributed by atoms with Gasteiger partial charge in [-0.2, -0.15) is 0 Å². The molecule has 0 spiro atoms. The highest BCUT2D eigenvalue weighted by molar-refractivity contribution is 5.81. The Kier molecular flexibility index (Phi) is 6.87. The Balaban J connectivity index is 1.22. The van der Waals surface area contributed by atoms with Gasteiger partial charge in [-0.1, -0.05) is 18.2 Å². The number of carbonyl (C=O) groups is 2. The highest BCUT2D eigenvalue weighted by Crippen LogP contribution is 2.22. The third kappa shape index (κ3) is 5.36. The maximum atomic E-state index is 13.0. The van der Waals surface area contributed by atoms with Gasteiger partial charge in [0.15, 0.2) is 6.61 Å². The van der Waals surface area contributed by atoms with Gasteiger partial charge in [-0.25, -0.2) is 9.97 Å². The van der Waals surface area contributed by atoms with E-state index >= 15 is 0 Å². The lowest BCUT2D eigenvalue weighted by molar-refractivity contribution is -0.141. The first-order valence-electron chi connectivity index (χ1n) is 11.3. The van der Waals surface area contributed by atoms with E-state index in [1.807, 2.05) is 60.0 Å². The van der Waals surface area contributed by atoms with Crippen molar-refractivity contribution in [3.8, 4) is 5.75 Å². The third-order valence-electron chi connectivity index (χ3n) is 6.17. The molecule has 2 amide bonds. The number of rotatable bonds is 5. The van der Waals surface area contributed by atoms with Crippen LogP contribution in [0.1, 0.15) is 24.4 Å². The number of carbonyl (C=O) groups excluding carboxylic acids is 2. The van der Waals surface area contributed by atoms with E-state index in [4.69, 9.17) is 4.74 Å². The molecule has 0 aliphatic carbocycles. The molecule has 2 aliphatic heterocycles. The Hall–Kier alpha value is -3.16. The Morgan fingerprint density at radius 1 is 0.938 bits per heavy atom. The van der Waals surface area contributed by atoms with E-state index in [-0.39, 0.29) is 24.3 Å². The van der Waals surface area contributed by atoms with Gasteiger partial charge in [0.25, 0.3) is 5.91 Å². The quantitative estimate of drug-likeness (QED) is 0.713. The predicted molar refractivity (Wildman–Crippen MR) is 122 cm³/mol. The fourth-order valence-corrected chi connectivity index (χ4v) is 4.40. The van der Waals surface area contributed by atoms with Gasteiger partial charge >= 0.3 is 0 Å². The van der Waals surface area contributed by atoms with E-state index in [0.29, 0.717) is 44.8 Å². The number of amides is 2. The molecular weight excluding hydrogens is 406 g/mol. The zero-order valence-electron chi connectivity index (χ0n) is 18.9. The molecule has 3 heterocycles. The average Bonchev–Trinajstić information content (AvgIpc) is 2.82. The van der Waals surface area contributed by atoms with Crippen LogP contribution in [0.2, 0.25) is 0 Å². The van der Waals surface area contributed by atoms with Gasteiger partial charge in [0, 0.05) is 56.9 Å². The van der Waals surface area contributed by atoms with Crippen molar-refractivity contribution >= 4 is 17.6 Å². The van der Waals surface area contributed by atoms with E-state index in [1.54, 1.807) is 0 Å². The first-order chi connectivity index (χ1) is 15.5. The molecule has 0 atom stereocenters. The van der Waals surface area contributed by atoms with Crippen LogP contribution in [0.25, 0.3) is 0 Å². The molecule has 32 heavy (non-hydrogen) atoms. The van der Waals surface area contributed by atoms with Crippen molar-refractivity contribution in [2.45, 2.75) is 26.7 Å². The lowest BCUT2D eigenvalue weighted by Crippen LogP contribution is -2.52. The monoisotopic (exact) mass is 437 g/mol. The van der Waals surface area contributed by atoms with Crippen molar-refractivity contribution in [1.29, 1.82) is 0 Å². The van der Waals surface area contributed by atoms with Crippen LogP contribution in [-0.2, 0) is 9.59 Å². The Morgan fingerprint density at radius 3 is 2.28 bits per heavy atom. The summed E-state index contributed by atoms with van der Waals surface area (Å²) < 4.78 is 5.57. The Bertz CT molecular complexity index is 916. The van der Waals surface area contributed by atoms with Crippen LogP contribution in [0.3, 0.4) is 0 Å². The number of piperidine rings is 1. The SMILES string of the molecule is Cc1cc(N2CCN(C(=O)C3CCN(C(=O)COc4ccccc4)CC3)CC2)nc(C)n1. The summed E-state index contributed by atoms with van der Waals surface area (Å²) in [4.78, 5) is 40.4. The van der Waals surface area contributed by atoms with Crippen molar-refractivity contribution in [1.82, 2.24) is 19.8 Å². The molecule has 2 saturated heterocycles. The van der Waals surface area contributed by atoms with E-state index in [9.17, 15) is 9.59 Å². The van der Waals surface area contributed by atoms with Gasteiger partial charge in [0.1, 0.15) is 17.4 Å². The summed E-state index contributed by atoms with van der Waals surface area (Å²) >= 11 is 0. The van der Waals surface area contributed by atoms with Crippen LogP contribution in [0, 0.1) is 19.8 Å². The molecule has 2 fully saturated rings. The van der Waals surface area contributed by atoms with Crippen LogP contribution < -0.4 is 9.64 Å². The van der Waals surface area contributed by atoms with Crippen molar-refractivity contribution in [2.24, 2.45) is 5.92 Å². The molecule has 4 rings (SSSR count). The number of aryl methyl sites for hydroxylation is 2. The minimum Gasteiger partial charge on any atom is -0.484 e. The van der Waals surface area contributed by atoms with Crippen LogP contribution in [0.15, 0.2) is 36.4 Å². The maximum Gasteiger partial charge on any atom is 0.260 e. The molecule has 0 bridgehead atoms. The summed E-state index contributed by atoms with van der Waals surface area (Å²) in [7, 11) is 0. The number of benzene rings is 1. The van der Waals surface area contributed by atoms with Crippen molar-refractivity contribution < 1.29 is 14.3 Å². The van der Waals surface area contributed by atoms with Gasteiger partial charge in [-0.15, -0.1) is 0 Å². The summed E-state index contributed by atoms with van der Waals surface area (Å²) in [6.07, 6.45) is 1.42. The molecule has 0 unspecified atom stereocenters. The number of nitrogens with zero attached hydrogens (tertiary/aromatic N) is 5. The van der Waals surface area contributed by atoms with Crippen LogP contribution in [0.5, 0.6) is 5.75 Å². The lowest BCUT2D eigenvalue weighted by atomic mass is 9.95. The molecule has 170 valence electrons. The summed E-state index contributed by atoms with van der Waals surface area (Å²) in [6.45, 7) is 8.07. The van der Waals surface area contributed by atoms with Crippen molar-refractivity contribution in [3.05, 3.63) is 47.9 Å². The lowest BCUT2D eigenvalue weighted by Gasteiger charge is -2.39. The average molecular weight is 438 g/mol. The fourth-order valence-electron chi connectivity index (χ4n) is 4.40. The number of hydrogen-bond donors (Lipinski definition) is 0. The molecule has 0 saturated carbocycles. The molecule has 8 heteroatoms. The number of piperazine rings is 1. The van der Waals surface area contributed by atoms with Crippen molar-refractivity contribution in [2.75, 3.05) is 50.8 Å². The molecule has 1 aromatic heterocycles. The second-order valence-corrected chi connectivity index (χ2v) is 8.48. The highest BCUT2D eigenvalue weighted by Gasteiger charge is 2.32.